The van der Waals surface area contributed by atoms with E-state index in [1.165, 1.54) is 0 Å². The molecule has 0 aliphatic heterocycles. The first-order chi connectivity index (χ1) is 9.69. The normalized spacial score (nSPS) is 11.6. The largest absolute Gasteiger partial charge is 0.493 e. The van der Waals surface area contributed by atoms with Crippen LogP contribution in [0, 0.1) is 0 Å². The van der Waals surface area contributed by atoms with Crippen molar-refractivity contribution in [3.05, 3.63) is 47.8 Å². The number of oxime groups is 1. The highest BCUT2D eigenvalue weighted by Gasteiger charge is 2.01. The van der Waals surface area contributed by atoms with Gasteiger partial charge in [0, 0.05) is 31.8 Å². The van der Waals surface area contributed by atoms with E-state index >= 15 is 0 Å². The first-order valence-electron chi connectivity index (χ1n) is 6.55. The van der Waals surface area contributed by atoms with E-state index < -0.39 is 0 Å². The van der Waals surface area contributed by atoms with Crippen molar-refractivity contribution in [2.24, 2.45) is 12.2 Å². The van der Waals surface area contributed by atoms with E-state index in [4.69, 9.17) is 9.94 Å². The number of hydrogen-bond acceptors (Lipinski definition) is 4. The summed E-state index contributed by atoms with van der Waals surface area (Å²) in [5, 5.41) is 15.9. The molecule has 20 heavy (non-hydrogen) atoms. The fraction of sp³-hybridized carbons (Fsp3) is 0.333. The Balaban J connectivity index is 1.83. The van der Waals surface area contributed by atoms with E-state index in [-0.39, 0.29) is 0 Å². The monoisotopic (exact) mass is 273 g/mol. The minimum Gasteiger partial charge on any atom is -0.493 e. The summed E-state index contributed by atoms with van der Waals surface area (Å²) in [6.45, 7) is 2.41. The number of aromatic nitrogens is 2. The zero-order chi connectivity index (χ0) is 14.4. The van der Waals surface area contributed by atoms with Gasteiger partial charge in [0.15, 0.2) is 0 Å². The number of benzene rings is 1. The molecule has 2 rings (SSSR count). The molecular formula is C15H19N3O2. The van der Waals surface area contributed by atoms with Crippen LogP contribution in [0.4, 0.5) is 0 Å². The minimum absolute atomic E-state index is 0.621. The van der Waals surface area contributed by atoms with Gasteiger partial charge in [-0.15, -0.1) is 0 Å². The Morgan fingerprint density at radius 3 is 2.65 bits per heavy atom. The van der Waals surface area contributed by atoms with Crippen LogP contribution in [0.5, 0.6) is 5.75 Å². The minimum atomic E-state index is 0.621. The lowest BCUT2D eigenvalue weighted by Crippen LogP contribution is -2.06. The Morgan fingerprint density at radius 1 is 1.30 bits per heavy atom. The number of ether oxygens (including phenoxy) is 1. The molecule has 0 fully saturated rings. The SMILES string of the molecule is C/C(Cc1ccc(OCCc2ccnn2C)cc1)=N/O. The molecule has 5 heteroatoms. The van der Waals surface area contributed by atoms with Crippen molar-refractivity contribution in [2.45, 2.75) is 19.8 Å². The number of aryl methyl sites for hydroxylation is 1. The van der Waals surface area contributed by atoms with Crippen LogP contribution in [0.2, 0.25) is 0 Å². The van der Waals surface area contributed by atoms with Crippen molar-refractivity contribution in [1.82, 2.24) is 9.78 Å². The van der Waals surface area contributed by atoms with Gasteiger partial charge in [0.05, 0.1) is 12.3 Å². The molecule has 1 aromatic carbocycles. The van der Waals surface area contributed by atoms with Crippen molar-refractivity contribution in [3.63, 3.8) is 0 Å². The van der Waals surface area contributed by atoms with Crippen molar-refractivity contribution < 1.29 is 9.94 Å². The molecule has 1 aromatic heterocycles. The van der Waals surface area contributed by atoms with Crippen LogP contribution in [-0.4, -0.2) is 27.3 Å². The third kappa shape index (κ3) is 3.85. The van der Waals surface area contributed by atoms with Crippen LogP contribution in [-0.2, 0) is 19.9 Å². The molecule has 0 atom stereocenters. The summed E-state index contributed by atoms with van der Waals surface area (Å²) in [6.07, 6.45) is 3.26. The third-order valence-electron chi connectivity index (χ3n) is 3.10. The molecule has 5 nitrogen and oxygen atoms in total. The molecule has 0 aliphatic rings. The lowest BCUT2D eigenvalue weighted by Gasteiger charge is -2.07. The maximum absolute atomic E-state index is 8.64. The van der Waals surface area contributed by atoms with Crippen LogP contribution >= 0.6 is 0 Å². The molecule has 2 aromatic rings. The van der Waals surface area contributed by atoms with Gasteiger partial charge in [-0.2, -0.15) is 5.10 Å². The van der Waals surface area contributed by atoms with E-state index in [2.05, 4.69) is 10.3 Å². The topological polar surface area (TPSA) is 59.6 Å². The molecule has 1 N–H and O–H groups in total. The molecule has 1 heterocycles. The Labute approximate surface area is 118 Å². The van der Waals surface area contributed by atoms with Gasteiger partial charge in [-0.3, -0.25) is 4.68 Å². The van der Waals surface area contributed by atoms with E-state index in [0.29, 0.717) is 18.7 Å². The Morgan fingerprint density at radius 2 is 2.05 bits per heavy atom. The highest BCUT2D eigenvalue weighted by molar-refractivity contribution is 5.83. The van der Waals surface area contributed by atoms with Crippen molar-refractivity contribution in [2.75, 3.05) is 6.61 Å². The van der Waals surface area contributed by atoms with Crippen LogP contribution in [0.3, 0.4) is 0 Å². The summed E-state index contributed by atoms with van der Waals surface area (Å²) in [5.41, 5.74) is 2.94. The molecule has 0 spiro atoms. The standard InChI is InChI=1S/C15H19N3O2/c1-12(17-19)11-13-3-5-15(6-4-13)20-10-8-14-7-9-16-18(14)2/h3-7,9,19H,8,10-11H2,1-2H3/b17-12-. The summed E-state index contributed by atoms with van der Waals surface area (Å²) in [5.74, 6) is 0.842. The van der Waals surface area contributed by atoms with Gasteiger partial charge in [0.2, 0.25) is 0 Å². The van der Waals surface area contributed by atoms with Gasteiger partial charge in [-0.1, -0.05) is 17.3 Å². The highest BCUT2D eigenvalue weighted by atomic mass is 16.5. The lowest BCUT2D eigenvalue weighted by atomic mass is 10.1. The molecule has 0 saturated heterocycles. The molecule has 0 amide bonds. The zero-order valence-electron chi connectivity index (χ0n) is 11.8. The van der Waals surface area contributed by atoms with E-state index in [1.807, 2.05) is 42.1 Å². The maximum Gasteiger partial charge on any atom is 0.119 e. The highest BCUT2D eigenvalue weighted by Crippen LogP contribution is 2.13. The van der Waals surface area contributed by atoms with Gasteiger partial charge >= 0.3 is 0 Å². The summed E-state index contributed by atoms with van der Waals surface area (Å²) >= 11 is 0. The molecular weight excluding hydrogens is 254 g/mol. The van der Waals surface area contributed by atoms with Crippen molar-refractivity contribution >= 4 is 5.71 Å². The van der Waals surface area contributed by atoms with Gasteiger partial charge < -0.3 is 9.94 Å². The second-order valence-electron chi connectivity index (χ2n) is 4.70. The predicted molar refractivity (Wildman–Crippen MR) is 77.4 cm³/mol. The van der Waals surface area contributed by atoms with Gasteiger partial charge in [0.25, 0.3) is 0 Å². The lowest BCUT2D eigenvalue weighted by molar-refractivity contribution is 0.317. The second kappa shape index (κ2) is 6.75. The van der Waals surface area contributed by atoms with Crippen LogP contribution in [0.25, 0.3) is 0 Å². The zero-order valence-corrected chi connectivity index (χ0v) is 11.8. The maximum atomic E-state index is 8.64. The average molecular weight is 273 g/mol. The van der Waals surface area contributed by atoms with Crippen LogP contribution in [0.15, 0.2) is 41.7 Å². The average Bonchev–Trinajstić information content (AvgIpc) is 2.86. The third-order valence-corrected chi connectivity index (χ3v) is 3.10. The number of nitrogens with zero attached hydrogens (tertiary/aromatic N) is 3. The fourth-order valence-corrected chi connectivity index (χ4v) is 1.95. The Hall–Kier alpha value is -2.30. The molecule has 0 radical (unpaired) electrons. The number of rotatable bonds is 6. The second-order valence-corrected chi connectivity index (χ2v) is 4.70. The fourth-order valence-electron chi connectivity index (χ4n) is 1.95. The van der Waals surface area contributed by atoms with Gasteiger partial charge in [-0.05, 0) is 30.7 Å². The summed E-state index contributed by atoms with van der Waals surface area (Å²) in [7, 11) is 1.93. The number of hydrogen-bond donors (Lipinski definition) is 1. The first kappa shape index (κ1) is 14.1. The molecule has 0 saturated carbocycles. The smallest absolute Gasteiger partial charge is 0.119 e. The van der Waals surface area contributed by atoms with E-state index in [9.17, 15) is 0 Å². The van der Waals surface area contributed by atoms with Crippen molar-refractivity contribution in [1.29, 1.82) is 0 Å². The van der Waals surface area contributed by atoms with E-state index in [0.717, 1.165) is 23.4 Å². The van der Waals surface area contributed by atoms with Crippen molar-refractivity contribution in [3.8, 4) is 5.75 Å². The van der Waals surface area contributed by atoms with Crippen LogP contribution in [0.1, 0.15) is 18.2 Å². The van der Waals surface area contributed by atoms with E-state index in [1.54, 1.807) is 13.1 Å². The summed E-state index contributed by atoms with van der Waals surface area (Å²) in [4.78, 5) is 0. The summed E-state index contributed by atoms with van der Waals surface area (Å²) < 4.78 is 7.55. The molecule has 0 aliphatic carbocycles. The van der Waals surface area contributed by atoms with Gasteiger partial charge in [-0.25, -0.2) is 0 Å². The Kier molecular flexibility index (Phi) is 4.76. The quantitative estimate of drug-likeness (QED) is 0.499. The van der Waals surface area contributed by atoms with Gasteiger partial charge in [0.1, 0.15) is 5.75 Å². The molecule has 0 bridgehead atoms. The first-order valence-corrected chi connectivity index (χ1v) is 6.55. The molecule has 106 valence electrons. The van der Waals surface area contributed by atoms with Crippen LogP contribution < -0.4 is 4.74 Å². The predicted octanol–water partition coefficient (Wildman–Crippen LogP) is 2.43. The Bertz CT molecular complexity index is 573. The molecule has 0 unspecified atom stereocenters. The summed E-state index contributed by atoms with van der Waals surface area (Å²) in [6, 6.07) is 9.82.